The minimum absolute atomic E-state index is 0.241. The lowest BCUT2D eigenvalue weighted by molar-refractivity contribution is -0.132. The second-order valence-electron chi connectivity index (χ2n) is 9.88. The van der Waals surface area contributed by atoms with Crippen molar-refractivity contribution in [3.8, 4) is 0 Å². The fourth-order valence-electron chi connectivity index (χ4n) is 4.04. The molecule has 0 aromatic rings. The van der Waals surface area contributed by atoms with E-state index in [0.29, 0.717) is 58.0 Å². The van der Waals surface area contributed by atoms with Gasteiger partial charge in [-0.3, -0.25) is 28.8 Å². The third-order valence-corrected chi connectivity index (χ3v) is 6.31. The smallest absolute Gasteiger partial charge is 0.245 e. The molecule has 17 heteroatoms. The number of carbonyl (C=O) groups excluding carboxylic acids is 6. The summed E-state index contributed by atoms with van der Waals surface area (Å²) in [5.41, 5.74) is 22.1. The van der Waals surface area contributed by atoms with Crippen molar-refractivity contribution in [2.24, 2.45) is 27.9 Å². The van der Waals surface area contributed by atoms with Gasteiger partial charge in [-0.15, -0.1) is 0 Å². The van der Waals surface area contributed by atoms with Gasteiger partial charge in [-0.25, -0.2) is 4.99 Å². The molecule has 3 atom stereocenters. The summed E-state index contributed by atoms with van der Waals surface area (Å²) in [5, 5.41) is 15.2. The van der Waals surface area contributed by atoms with E-state index in [9.17, 15) is 28.8 Å². The quantitative estimate of drug-likeness (QED) is 0.0690. The number of hydrogen-bond acceptors (Lipinski definition) is 9. The summed E-state index contributed by atoms with van der Waals surface area (Å²) in [4.78, 5) is 79.4. The summed E-state index contributed by atoms with van der Waals surface area (Å²) in [5.74, 6) is -3.76. The zero-order valence-electron chi connectivity index (χ0n) is 24.0. The first-order valence-corrected chi connectivity index (χ1v) is 14.2. The molecule has 0 radical (unpaired) electrons. The Hall–Kier alpha value is -3.99. The van der Waals surface area contributed by atoms with E-state index in [-0.39, 0.29) is 25.3 Å². The molecule has 0 bridgehead atoms. The number of carbonyl (C=O) groups is 6. The number of nitrogens with one attached hydrogen (secondary N) is 6. The van der Waals surface area contributed by atoms with Crippen molar-refractivity contribution in [3.63, 3.8) is 0 Å². The van der Waals surface area contributed by atoms with E-state index in [1.165, 1.54) is 0 Å². The molecule has 0 saturated carbocycles. The van der Waals surface area contributed by atoms with E-state index in [0.717, 1.165) is 0 Å². The van der Waals surface area contributed by atoms with Gasteiger partial charge in [-0.2, -0.15) is 0 Å². The van der Waals surface area contributed by atoms with Gasteiger partial charge in [-0.1, -0.05) is 0 Å². The molecule has 0 aromatic carbocycles. The number of amides is 6. The summed E-state index contributed by atoms with van der Waals surface area (Å²) >= 11 is 0. The highest BCUT2D eigenvalue weighted by Crippen LogP contribution is 2.07. The number of unbranched alkanes of at least 4 members (excludes halogenated alkanes) is 2. The first-order chi connectivity index (χ1) is 20.1. The summed E-state index contributed by atoms with van der Waals surface area (Å²) in [6.45, 7) is -0.224. The van der Waals surface area contributed by atoms with Crippen LogP contribution in [0.4, 0.5) is 0 Å². The van der Waals surface area contributed by atoms with Crippen LogP contribution in [0.1, 0.15) is 57.8 Å². The SMILES string of the molecule is NCCCC[C@@H]1NC(=O)[C@@H](CCCCN)NC(=O)CNC(=O)CNC(=O)CNC(=O)[C@H](N=C(N)N)CCCCNC1=O. The molecule has 1 saturated heterocycles. The predicted octanol–water partition coefficient (Wildman–Crippen LogP) is -4.50. The van der Waals surface area contributed by atoms with Gasteiger partial charge >= 0.3 is 0 Å². The average molecular weight is 598 g/mol. The Balaban J connectivity index is 3.07. The monoisotopic (exact) mass is 597 g/mol. The van der Waals surface area contributed by atoms with Gasteiger partial charge < -0.3 is 54.8 Å². The fourth-order valence-corrected chi connectivity index (χ4v) is 4.04. The van der Waals surface area contributed by atoms with Crippen LogP contribution in [0.15, 0.2) is 4.99 Å². The van der Waals surface area contributed by atoms with Crippen molar-refractivity contribution in [2.45, 2.75) is 75.9 Å². The Bertz CT molecular complexity index is 942. The summed E-state index contributed by atoms with van der Waals surface area (Å²) in [7, 11) is 0. The Morgan fingerprint density at radius 3 is 1.76 bits per heavy atom. The van der Waals surface area contributed by atoms with E-state index >= 15 is 0 Å². The van der Waals surface area contributed by atoms with Crippen LogP contribution in [0.5, 0.6) is 0 Å². The Morgan fingerprint density at radius 2 is 1.19 bits per heavy atom. The molecule has 238 valence electrons. The van der Waals surface area contributed by atoms with Crippen molar-refractivity contribution >= 4 is 41.4 Å². The van der Waals surface area contributed by atoms with Gasteiger partial charge in [0, 0.05) is 6.54 Å². The second kappa shape index (κ2) is 20.8. The molecule has 1 rings (SSSR count). The summed E-state index contributed by atoms with van der Waals surface area (Å²) < 4.78 is 0. The predicted molar refractivity (Wildman–Crippen MR) is 155 cm³/mol. The number of rotatable bonds is 9. The molecule has 0 unspecified atom stereocenters. The van der Waals surface area contributed by atoms with Gasteiger partial charge in [0.15, 0.2) is 5.96 Å². The van der Waals surface area contributed by atoms with E-state index in [1.807, 2.05) is 0 Å². The van der Waals surface area contributed by atoms with Crippen LogP contribution in [0.25, 0.3) is 0 Å². The number of hydrogen-bond donors (Lipinski definition) is 10. The molecule has 14 N–H and O–H groups in total. The maximum absolute atomic E-state index is 13.2. The lowest BCUT2D eigenvalue weighted by Crippen LogP contribution is -2.55. The van der Waals surface area contributed by atoms with Gasteiger partial charge in [0.05, 0.1) is 19.6 Å². The van der Waals surface area contributed by atoms with Crippen LogP contribution in [0, 0.1) is 0 Å². The van der Waals surface area contributed by atoms with E-state index in [1.54, 1.807) is 0 Å². The number of aliphatic imine (C=N–C) groups is 1. The molecule has 0 aliphatic carbocycles. The third kappa shape index (κ3) is 15.7. The largest absolute Gasteiger partial charge is 0.370 e. The van der Waals surface area contributed by atoms with Gasteiger partial charge in [-0.05, 0) is 70.9 Å². The van der Waals surface area contributed by atoms with Crippen LogP contribution in [-0.2, 0) is 28.8 Å². The van der Waals surface area contributed by atoms with Crippen LogP contribution in [-0.4, -0.2) is 98.8 Å². The molecule has 17 nitrogen and oxygen atoms in total. The van der Waals surface area contributed by atoms with Crippen molar-refractivity contribution in [3.05, 3.63) is 0 Å². The van der Waals surface area contributed by atoms with Crippen molar-refractivity contribution < 1.29 is 28.8 Å². The molecule has 1 fully saturated rings. The number of nitrogens with two attached hydrogens (primary N) is 4. The van der Waals surface area contributed by atoms with Crippen LogP contribution in [0.3, 0.4) is 0 Å². The van der Waals surface area contributed by atoms with Crippen LogP contribution in [0.2, 0.25) is 0 Å². The number of nitrogens with zero attached hydrogens (tertiary/aromatic N) is 1. The standard InChI is InChI=1S/C25H47N11O6/c26-10-4-1-7-16-22(40)30-12-6-3-9-17(36-25(28)29)23(41)33-14-20(38)31-13-19(37)32-15-21(39)34-18(24(42)35-16)8-2-5-11-27/h16-18H,1-15,26-27H2,(H,30,40)(H,31,38)(H,32,37)(H,33,41)(H,34,39)(H,35,42)(H4,28,29,36)/t16-,17+,18+/m0/s1. The highest BCUT2D eigenvalue weighted by atomic mass is 16.2. The van der Waals surface area contributed by atoms with E-state index in [4.69, 9.17) is 22.9 Å². The van der Waals surface area contributed by atoms with Crippen molar-refractivity contribution in [1.82, 2.24) is 31.9 Å². The normalized spacial score (nSPS) is 22.6. The van der Waals surface area contributed by atoms with Crippen molar-refractivity contribution in [2.75, 3.05) is 39.3 Å². The lowest BCUT2D eigenvalue weighted by atomic mass is 10.0. The van der Waals surface area contributed by atoms with Gasteiger partial charge in [0.25, 0.3) is 0 Å². The Kier molecular flexibility index (Phi) is 17.9. The van der Waals surface area contributed by atoms with Gasteiger partial charge in [0.1, 0.15) is 18.1 Å². The summed E-state index contributed by atoms with van der Waals surface area (Å²) in [6.07, 6.45) is 4.22. The molecular weight excluding hydrogens is 550 g/mol. The van der Waals surface area contributed by atoms with Crippen LogP contribution < -0.4 is 54.8 Å². The fraction of sp³-hybridized carbons (Fsp3) is 0.720. The van der Waals surface area contributed by atoms with E-state index < -0.39 is 73.2 Å². The van der Waals surface area contributed by atoms with Gasteiger partial charge in [0.2, 0.25) is 35.4 Å². The lowest BCUT2D eigenvalue weighted by Gasteiger charge is -2.23. The zero-order chi connectivity index (χ0) is 31.3. The molecular formula is C25H47N11O6. The Morgan fingerprint density at radius 1 is 0.643 bits per heavy atom. The molecule has 0 aromatic heterocycles. The molecule has 1 aliphatic rings. The maximum atomic E-state index is 13.2. The molecule has 1 aliphatic heterocycles. The van der Waals surface area contributed by atoms with Crippen LogP contribution >= 0.6 is 0 Å². The first-order valence-electron chi connectivity index (χ1n) is 14.2. The topological polar surface area (TPSA) is 291 Å². The number of guanidine groups is 1. The second-order valence-corrected chi connectivity index (χ2v) is 9.88. The average Bonchev–Trinajstić information content (AvgIpc) is 2.95. The zero-order valence-corrected chi connectivity index (χ0v) is 24.0. The van der Waals surface area contributed by atoms with Crippen molar-refractivity contribution in [1.29, 1.82) is 0 Å². The third-order valence-electron chi connectivity index (χ3n) is 6.31. The molecule has 1 heterocycles. The highest BCUT2D eigenvalue weighted by molar-refractivity contribution is 5.94. The molecule has 42 heavy (non-hydrogen) atoms. The summed E-state index contributed by atoms with van der Waals surface area (Å²) in [6, 6.07) is -2.78. The molecule has 6 amide bonds. The molecule has 0 spiro atoms. The first kappa shape index (κ1) is 36.0. The minimum Gasteiger partial charge on any atom is -0.370 e. The maximum Gasteiger partial charge on any atom is 0.245 e. The minimum atomic E-state index is -0.960. The van der Waals surface area contributed by atoms with E-state index in [2.05, 4.69) is 36.9 Å². The highest BCUT2D eigenvalue weighted by Gasteiger charge is 2.27. The Labute approximate surface area is 245 Å².